The van der Waals surface area contributed by atoms with Crippen molar-refractivity contribution >= 4 is 11.3 Å². The molecule has 4 heteroatoms. The average molecular weight is 436 g/mol. The Labute approximate surface area is 69.8 Å². The molecule has 0 bridgehead atoms. The van der Waals surface area contributed by atoms with Gasteiger partial charge < -0.3 is 16.4 Å². The van der Waals surface area contributed by atoms with Crippen molar-refractivity contribution in [2.24, 2.45) is 0 Å². The van der Waals surface area contributed by atoms with Crippen LogP contribution in [0.5, 0.6) is 11.5 Å². The summed E-state index contributed by atoms with van der Waals surface area (Å²) in [5.74, 6) is 1.75. The van der Waals surface area contributed by atoms with Gasteiger partial charge >= 0.3 is 0 Å². The summed E-state index contributed by atoms with van der Waals surface area (Å²) in [5.41, 5.74) is 0. The molecular formula is C8H9O2RfS-. The van der Waals surface area contributed by atoms with Crippen LogP contribution < -0.4 is 9.47 Å². The molecule has 12 heavy (non-hydrogen) atoms. The molecule has 2 heterocycles. The zero-order chi connectivity index (χ0) is 7.68. The van der Waals surface area contributed by atoms with Gasteiger partial charge in [-0.1, -0.05) is 0 Å². The molecular weight excluding hydrogens is 427 g/mol. The fraction of sp³-hybridized carbons (Fsp3) is 0.375. The van der Waals surface area contributed by atoms with Crippen LogP contribution in [0.25, 0.3) is 0 Å². The molecule has 0 saturated heterocycles. The summed E-state index contributed by atoms with van der Waals surface area (Å²) in [4.78, 5) is 0. The summed E-state index contributed by atoms with van der Waals surface area (Å²) >= 11 is 1.60. The number of rotatable bonds is 1. The number of fused-ring (bicyclic) bond motifs is 1. The maximum Gasteiger partial charge on any atom is 0.172 e. The van der Waals surface area contributed by atoms with Gasteiger partial charge in [-0.2, -0.15) is 0 Å². The van der Waals surface area contributed by atoms with E-state index in [1.54, 1.807) is 11.3 Å². The maximum absolute atomic E-state index is 5.54. The molecule has 1 atom stereocenters. The third-order valence-electron chi connectivity index (χ3n) is 1.63. The van der Waals surface area contributed by atoms with Crippen molar-refractivity contribution in [2.75, 3.05) is 6.61 Å². The van der Waals surface area contributed by atoms with E-state index in [0.717, 1.165) is 17.9 Å². The van der Waals surface area contributed by atoms with Crippen molar-refractivity contribution in [1.29, 1.82) is 0 Å². The third kappa shape index (κ3) is 1.19. The number of hydrogen-bond acceptors (Lipinski definition) is 3. The quantitative estimate of drug-likeness (QED) is 0.629. The Bertz CT molecular complexity index is 249. The zero-order valence-corrected chi connectivity index (χ0v) is 14.0. The number of ether oxygens (including phenoxy) is 2. The topological polar surface area (TPSA) is 18.5 Å². The molecule has 0 N–H and O–H groups in total. The summed E-state index contributed by atoms with van der Waals surface area (Å²) in [6, 6.07) is 0. The fourth-order valence-electron chi connectivity index (χ4n) is 1.00. The summed E-state index contributed by atoms with van der Waals surface area (Å²) < 4.78 is 11.0. The SMILES string of the molecule is [CH2-]CC1COc2cscc2O1.[Rf]. The van der Waals surface area contributed by atoms with Gasteiger partial charge in [0.1, 0.15) is 12.7 Å². The van der Waals surface area contributed by atoms with Crippen LogP contribution in [0.3, 0.4) is 0 Å². The van der Waals surface area contributed by atoms with Gasteiger partial charge in [-0.05, 0) is 0 Å². The number of hydrogen-bond donors (Lipinski definition) is 0. The minimum atomic E-state index is 0. The van der Waals surface area contributed by atoms with Crippen molar-refractivity contribution in [2.45, 2.75) is 12.5 Å². The minimum absolute atomic E-state index is 0. The monoisotopic (exact) mass is 436 g/mol. The van der Waals surface area contributed by atoms with Gasteiger partial charge in [0.05, 0.1) is 0 Å². The second kappa shape index (κ2) is 3.13. The van der Waals surface area contributed by atoms with E-state index in [9.17, 15) is 0 Å². The molecule has 0 spiro atoms. The predicted octanol–water partition coefficient (Wildman–Crippen LogP) is 2.11. The molecule has 0 amide bonds. The molecule has 0 aliphatic carbocycles. The van der Waals surface area contributed by atoms with Crippen LogP contribution in [0, 0.1) is 6.92 Å². The second-order valence-corrected chi connectivity index (χ2v) is 3.18. The van der Waals surface area contributed by atoms with Crippen molar-refractivity contribution in [3.05, 3.63) is 17.7 Å². The van der Waals surface area contributed by atoms with Gasteiger partial charge in [0.25, 0.3) is 0 Å². The first kappa shape index (κ1) is 8.40. The Morgan fingerprint density at radius 3 is 3.00 bits per heavy atom. The van der Waals surface area contributed by atoms with Crippen molar-refractivity contribution in [1.82, 2.24) is 0 Å². The molecule has 62 valence electrons. The molecule has 0 radical (unpaired) electrons. The summed E-state index contributed by atoms with van der Waals surface area (Å²) in [6.45, 7) is 4.40. The van der Waals surface area contributed by atoms with Gasteiger partial charge in [-0.25, -0.2) is 0 Å². The van der Waals surface area contributed by atoms with Crippen molar-refractivity contribution in [3.63, 3.8) is 0 Å². The molecule has 1 aliphatic heterocycles. The van der Waals surface area contributed by atoms with Crippen LogP contribution in [0.4, 0.5) is 0 Å². The average Bonchev–Trinajstić information content (AvgIpc) is 2.50. The van der Waals surface area contributed by atoms with E-state index in [-0.39, 0.29) is 6.10 Å². The molecule has 1 aromatic heterocycles. The van der Waals surface area contributed by atoms with E-state index in [4.69, 9.17) is 9.47 Å². The first-order chi connectivity index (χ1) is 5.40. The van der Waals surface area contributed by atoms with E-state index < -0.39 is 0 Å². The van der Waals surface area contributed by atoms with Gasteiger partial charge in [-0.3, -0.25) is 0 Å². The van der Waals surface area contributed by atoms with E-state index >= 15 is 0 Å². The minimum Gasteiger partial charge on any atom is -0.485 e. The fourth-order valence-corrected chi connectivity index (χ4v) is 1.67. The molecule has 0 saturated carbocycles. The van der Waals surface area contributed by atoms with Gasteiger partial charge in [0, 0.05) is 10.8 Å². The maximum atomic E-state index is 5.54. The van der Waals surface area contributed by atoms with Crippen LogP contribution in [0.2, 0.25) is 0 Å². The largest absolute Gasteiger partial charge is 0.485 e. The molecule has 2 nitrogen and oxygen atoms in total. The van der Waals surface area contributed by atoms with Crippen LogP contribution in [0.1, 0.15) is 6.42 Å². The molecule has 1 unspecified atom stereocenters. The zero-order valence-electron chi connectivity index (χ0n) is 6.79. The Balaban J connectivity index is 0.000000720. The van der Waals surface area contributed by atoms with Gasteiger partial charge in [-0.15, -0.1) is 17.8 Å². The Morgan fingerprint density at radius 2 is 2.25 bits per heavy atom. The van der Waals surface area contributed by atoms with Gasteiger partial charge in [0.2, 0.25) is 0 Å². The molecule has 0 aromatic carbocycles. The summed E-state index contributed by atoms with van der Waals surface area (Å²) in [7, 11) is 0. The smallest absolute Gasteiger partial charge is 0.172 e. The van der Waals surface area contributed by atoms with E-state index in [0.29, 0.717) is 6.61 Å². The van der Waals surface area contributed by atoms with E-state index in [1.165, 1.54) is 0 Å². The van der Waals surface area contributed by atoms with E-state index in [1.807, 2.05) is 10.8 Å². The molecule has 1 aromatic rings. The summed E-state index contributed by atoms with van der Waals surface area (Å²) in [6.07, 6.45) is 0.895. The van der Waals surface area contributed by atoms with Crippen molar-refractivity contribution < 1.29 is 9.47 Å². The van der Waals surface area contributed by atoms with Crippen molar-refractivity contribution in [3.8, 4) is 11.5 Å². The molecule has 0 fully saturated rings. The van der Waals surface area contributed by atoms with Crippen LogP contribution in [-0.4, -0.2) is 12.7 Å². The third-order valence-corrected chi connectivity index (χ3v) is 2.33. The van der Waals surface area contributed by atoms with Gasteiger partial charge in [0.15, 0.2) is 11.5 Å². The summed E-state index contributed by atoms with van der Waals surface area (Å²) in [5, 5.41) is 3.91. The Morgan fingerprint density at radius 1 is 1.50 bits per heavy atom. The molecule has 1 aliphatic rings. The first-order valence-corrected chi connectivity index (χ1v) is 4.49. The van der Waals surface area contributed by atoms with E-state index in [2.05, 4.69) is 6.92 Å². The number of thiophene rings is 1. The predicted molar refractivity (Wildman–Crippen MR) is 44.2 cm³/mol. The molecule has 2 rings (SSSR count). The first-order valence-electron chi connectivity index (χ1n) is 3.55. The van der Waals surface area contributed by atoms with Crippen LogP contribution >= 0.6 is 11.3 Å². The van der Waals surface area contributed by atoms with Crippen LogP contribution in [0.15, 0.2) is 10.8 Å². The Hall–Kier alpha value is -1.70. The standard InChI is InChI=1S/C8H9O2S.Rf/c1-2-6-3-9-7-4-11-5-8(7)10-6;/h4-6H,1-3H2;/q-1;. The second-order valence-electron chi connectivity index (χ2n) is 2.44. The Kier molecular flexibility index (Phi) is 2.19. The van der Waals surface area contributed by atoms with Crippen LogP contribution in [-0.2, 0) is 0 Å². The normalized spacial score (nSPS) is 19.9.